The highest BCUT2D eigenvalue weighted by Gasteiger charge is 2.09. The molecule has 0 aromatic heterocycles. The first-order valence-corrected chi connectivity index (χ1v) is 12.6. The molecule has 0 saturated carbocycles. The second-order valence-corrected chi connectivity index (χ2v) is 9.32. The summed E-state index contributed by atoms with van der Waals surface area (Å²) >= 11 is 0. The van der Waals surface area contributed by atoms with E-state index in [9.17, 15) is 0 Å². The van der Waals surface area contributed by atoms with Crippen LogP contribution in [-0.4, -0.2) is 7.85 Å². The van der Waals surface area contributed by atoms with Crippen LogP contribution in [0.25, 0.3) is 55.6 Å². The Balaban J connectivity index is 1.44. The third kappa shape index (κ3) is 5.03. The van der Waals surface area contributed by atoms with Crippen LogP contribution in [0.15, 0.2) is 152 Å². The van der Waals surface area contributed by atoms with Gasteiger partial charge in [-0.1, -0.05) is 127 Å². The molecule has 6 rings (SSSR count). The summed E-state index contributed by atoms with van der Waals surface area (Å²) in [5.41, 5.74) is 12.7. The Morgan fingerprint density at radius 2 is 0.541 bits per heavy atom. The fourth-order valence-corrected chi connectivity index (χ4v) is 4.86. The lowest BCUT2D eigenvalue weighted by Gasteiger charge is -2.13. The molecule has 0 nitrogen and oxygen atoms in total. The Hall–Kier alpha value is -4.62. The van der Waals surface area contributed by atoms with E-state index in [1.807, 2.05) is 18.2 Å². The van der Waals surface area contributed by atoms with Gasteiger partial charge in [-0.25, -0.2) is 0 Å². The Morgan fingerprint density at radius 3 is 0.973 bits per heavy atom. The highest BCUT2D eigenvalue weighted by Crippen LogP contribution is 2.35. The predicted molar refractivity (Wildman–Crippen MR) is 159 cm³/mol. The van der Waals surface area contributed by atoms with Crippen molar-refractivity contribution in [1.29, 1.82) is 0 Å². The van der Waals surface area contributed by atoms with E-state index in [4.69, 9.17) is 7.85 Å². The van der Waals surface area contributed by atoms with Gasteiger partial charge in [-0.2, -0.15) is 0 Å². The lowest BCUT2D eigenvalue weighted by Crippen LogP contribution is -2.00. The monoisotopic (exact) mass is 468 g/mol. The van der Waals surface area contributed by atoms with Gasteiger partial charge in [-0.3, -0.25) is 0 Å². The Kier molecular flexibility index (Phi) is 6.27. The average Bonchev–Trinajstić information content (AvgIpc) is 2.98. The highest BCUT2D eigenvalue weighted by atomic mass is 14.1. The topological polar surface area (TPSA) is 0 Å². The van der Waals surface area contributed by atoms with Gasteiger partial charge in [0.15, 0.2) is 0 Å². The lowest BCUT2D eigenvalue weighted by molar-refractivity contribution is 1.55. The van der Waals surface area contributed by atoms with Gasteiger partial charge >= 0.3 is 0 Å². The van der Waals surface area contributed by atoms with Crippen molar-refractivity contribution in [1.82, 2.24) is 0 Å². The first kappa shape index (κ1) is 22.8. The van der Waals surface area contributed by atoms with Crippen LogP contribution in [0.2, 0.25) is 0 Å². The minimum Gasteiger partial charge on any atom is -0.0961 e. The number of benzene rings is 6. The van der Waals surface area contributed by atoms with E-state index in [0.29, 0.717) is 0 Å². The van der Waals surface area contributed by atoms with E-state index in [-0.39, 0.29) is 0 Å². The molecule has 0 unspecified atom stereocenters. The fraction of sp³-hybridized carbons (Fsp3) is 0. The zero-order chi connectivity index (χ0) is 25.0. The third-order valence-corrected chi connectivity index (χ3v) is 6.76. The summed E-state index contributed by atoms with van der Waals surface area (Å²) in [6.45, 7) is 0. The Bertz CT molecular complexity index is 1610. The van der Waals surface area contributed by atoms with Gasteiger partial charge < -0.3 is 0 Å². The summed E-state index contributed by atoms with van der Waals surface area (Å²) in [6, 6.07) is 53.6. The number of hydrogen-bond donors (Lipinski definition) is 0. The first-order valence-electron chi connectivity index (χ1n) is 12.6. The zero-order valence-electron chi connectivity index (χ0n) is 20.5. The first-order chi connectivity index (χ1) is 18.2. The van der Waals surface area contributed by atoms with Crippen LogP contribution in [0, 0.1) is 0 Å². The normalized spacial score (nSPS) is 10.8. The molecule has 0 aliphatic carbocycles. The molecule has 0 N–H and O–H groups in total. The van der Waals surface area contributed by atoms with E-state index in [2.05, 4.69) is 133 Å². The van der Waals surface area contributed by atoms with E-state index in [1.165, 1.54) is 44.5 Å². The van der Waals surface area contributed by atoms with Crippen molar-refractivity contribution in [3.63, 3.8) is 0 Å². The maximum atomic E-state index is 6.04. The SMILES string of the molecule is [B]c1cccc(-c2cccc(-c3cccc(-c4cc(-c5ccccc5)cc(-c5ccccc5)c4)c3)c2)c1. The Labute approximate surface area is 220 Å². The van der Waals surface area contributed by atoms with Crippen molar-refractivity contribution >= 4 is 13.3 Å². The molecule has 37 heavy (non-hydrogen) atoms. The van der Waals surface area contributed by atoms with Crippen LogP contribution in [0.5, 0.6) is 0 Å². The minimum atomic E-state index is 0.775. The van der Waals surface area contributed by atoms with Gasteiger partial charge in [0.25, 0.3) is 0 Å². The molecule has 0 aliphatic heterocycles. The number of hydrogen-bond acceptors (Lipinski definition) is 0. The van der Waals surface area contributed by atoms with E-state index in [0.717, 1.165) is 16.6 Å². The van der Waals surface area contributed by atoms with Crippen molar-refractivity contribution in [3.05, 3.63) is 152 Å². The lowest BCUT2D eigenvalue weighted by atomic mass is 9.90. The van der Waals surface area contributed by atoms with Crippen LogP contribution in [0.4, 0.5) is 0 Å². The molecule has 172 valence electrons. The van der Waals surface area contributed by atoms with Crippen molar-refractivity contribution < 1.29 is 0 Å². The fourth-order valence-electron chi connectivity index (χ4n) is 4.86. The molecule has 0 spiro atoms. The summed E-state index contributed by atoms with van der Waals surface area (Å²) in [6.07, 6.45) is 0. The molecular formula is C36H25B. The smallest absolute Gasteiger partial charge is 0.0961 e. The zero-order valence-corrected chi connectivity index (χ0v) is 20.5. The van der Waals surface area contributed by atoms with Crippen molar-refractivity contribution in [2.24, 2.45) is 0 Å². The van der Waals surface area contributed by atoms with Crippen LogP contribution < -0.4 is 5.46 Å². The van der Waals surface area contributed by atoms with E-state index in [1.54, 1.807) is 0 Å². The quantitative estimate of drug-likeness (QED) is 0.222. The summed E-state index contributed by atoms with van der Waals surface area (Å²) in [4.78, 5) is 0. The van der Waals surface area contributed by atoms with Crippen molar-refractivity contribution in [2.75, 3.05) is 0 Å². The largest absolute Gasteiger partial charge is 0.113 e. The molecule has 6 aromatic rings. The maximum Gasteiger partial charge on any atom is 0.113 e. The molecule has 0 aliphatic rings. The summed E-state index contributed by atoms with van der Waals surface area (Å²) in [5, 5.41) is 0. The molecule has 0 amide bonds. The van der Waals surface area contributed by atoms with Gasteiger partial charge in [0, 0.05) is 0 Å². The standard InChI is InChI=1S/C36H25B/c37-36-19-9-18-32(25-36)30-16-7-14-28(20-30)29-15-8-17-31(21-29)35-23-33(26-10-3-1-4-11-26)22-34(24-35)27-12-5-2-6-13-27/h1-25H. The number of rotatable bonds is 5. The summed E-state index contributed by atoms with van der Waals surface area (Å²) < 4.78 is 0. The minimum absolute atomic E-state index is 0.775. The third-order valence-electron chi connectivity index (χ3n) is 6.76. The maximum absolute atomic E-state index is 6.04. The average molecular weight is 468 g/mol. The van der Waals surface area contributed by atoms with Gasteiger partial charge in [0.05, 0.1) is 0 Å². The van der Waals surface area contributed by atoms with E-state index < -0.39 is 0 Å². The van der Waals surface area contributed by atoms with Crippen LogP contribution in [0.3, 0.4) is 0 Å². The predicted octanol–water partition coefficient (Wildman–Crippen LogP) is 8.82. The summed E-state index contributed by atoms with van der Waals surface area (Å²) in [5.74, 6) is 0. The molecular weight excluding hydrogens is 443 g/mol. The second kappa shape index (κ2) is 10.2. The van der Waals surface area contributed by atoms with Gasteiger partial charge in [-0.15, -0.1) is 0 Å². The van der Waals surface area contributed by atoms with E-state index >= 15 is 0 Å². The highest BCUT2D eigenvalue weighted by molar-refractivity contribution is 6.32. The molecule has 0 saturated heterocycles. The van der Waals surface area contributed by atoms with Gasteiger partial charge in [-0.05, 0) is 86.0 Å². The van der Waals surface area contributed by atoms with Crippen molar-refractivity contribution in [2.45, 2.75) is 0 Å². The molecule has 0 fully saturated rings. The van der Waals surface area contributed by atoms with Gasteiger partial charge in [0.1, 0.15) is 7.85 Å². The molecule has 2 radical (unpaired) electrons. The molecule has 0 atom stereocenters. The van der Waals surface area contributed by atoms with Crippen molar-refractivity contribution in [3.8, 4) is 55.6 Å². The summed E-state index contributed by atoms with van der Waals surface area (Å²) in [7, 11) is 6.04. The Morgan fingerprint density at radius 1 is 0.243 bits per heavy atom. The molecule has 0 heterocycles. The van der Waals surface area contributed by atoms with Gasteiger partial charge in [0.2, 0.25) is 0 Å². The van der Waals surface area contributed by atoms with Crippen LogP contribution >= 0.6 is 0 Å². The second-order valence-electron chi connectivity index (χ2n) is 9.32. The molecule has 0 bridgehead atoms. The molecule has 1 heteroatoms. The molecule has 6 aromatic carbocycles. The van der Waals surface area contributed by atoms with Crippen LogP contribution in [0.1, 0.15) is 0 Å². The van der Waals surface area contributed by atoms with Crippen LogP contribution in [-0.2, 0) is 0 Å².